The van der Waals surface area contributed by atoms with Gasteiger partial charge in [-0.2, -0.15) is 0 Å². The molecule has 3 N–H and O–H groups in total. The Balaban J connectivity index is 2.47. The molecule has 1 atom stereocenters. The number of carbonyl (C=O) groups excluding carboxylic acids is 1. The summed E-state index contributed by atoms with van der Waals surface area (Å²) in [5.41, 5.74) is 4.69. The molecule has 4 nitrogen and oxygen atoms in total. The van der Waals surface area contributed by atoms with Crippen LogP contribution in [0.2, 0.25) is 0 Å². The minimum Gasteiger partial charge on any atom is -0.380 e. The van der Waals surface area contributed by atoms with Crippen molar-refractivity contribution in [1.29, 1.82) is 0 Å². The second-order valence-electron chi connectivity index (χ2n) is 3.97. The number of para-hydroxylation sites is 1. The lowest BCUT2D eigenvalue weighted by Crippen LogP contribution is -2.46. The molecule has 0 aliphatic rings. The molecule has 88 valence electrons. The third kappa shape index (κ3) is 3.55. The zero-order valence-electron chi connectivity index (χ0n) is 9.66. The number of amides is 1. The smallest absolute Gasteiger partial charge is 0.269 e. The molecule has 0 fully saturated rings. The molecule has 1 rings (SSSR count). The molecule has 1 amide bonds. The van der Waals surface area contributed by atoms with Gasteiger partial charge in [0.25, 0.3) is 5.91 Å². The van der Waals surface area contributed by atoms with E-state index in [1.807, 2.05) is 37.3 Å². The largest absolute Gasteiger partial charge is 0.380 e. The fourth-order valence-electron chi connectivity index (χ4n) is 1.39. The first kappa shape index (κ1) is 12.5. The van der Waals surface area contributed by atoms with E-state index in [9.17, 15) is 9.90 Å². The van der Waals surface area contributed by atoms with Gasteiger partial charge in [0.1, 0.15) is 5.60 Å². The van der Waals surface area contributed by atoms with Gasteiger partial charge in [0, 0.05) is 0 Å². The minimum absolute atomic E-state index is 0.418. The third-order valence-electron chi connectivity index (χ3n) is 2.32. The van der Waals surface area contributed by atoms with Crippen molar-refractivity contribution >= 4 is 11.6 Å². The highest BCUT2D eigenvalue weighted by Crippen LogP contribution is 2.12. The monoisotopic (exact) mass is 222 g/mol. The third-order valence-corrected chi connectivity index (χ3v) is 2.32. The van der Waals surface area contributed by atoms with Crippen LogP contribution in [-0.4, -0.2) is 16.6 Å². The second kappa shape index (κ2) is 5.51. The van der Waals surface area contributed by atoms with Gasteiger partial charge in [-0.15, -0.1) is 0 Å². The number of nitrogens with one attached hydrogen (secondary N) is 2. The fourth-order valence-corrected chi connectivity index (χ4v) is 1.39. The van der Waals surface area contributed by atoms with Crippen molar-refractivity contribution in [1.82, 2.24) is 5.43 Å². The fraction of sp³-hybridized carbons (Fsp3) is 0.417. The standard InChI is InChI=1S/C12H18N2O2/c1-3-9-12(2,16)11(15)14-13-10-7-5-4-6-8-10/h4-8,13,16H,3,9H2,1-2H3,(H,14,15). The number of hydrazine groups is 1. The highest BCUT2D eigenvalue weighted by Gasteiger charge is 2.28. The van der Waals surface area contributed by atoms with Crippen molar-refractivity contribution in [3.8, 4) is 0 Å². The van der Waals surface area contributed by atoms with Crippen LogP contribution >= 0.6 is 0 Å². The Morgan fingerprint density at radius 1 is 1.38 bits per heavy atom. The molecule has 0 aliphatic carbocycles. The molecule has 0 spiro atoms. The van der Waals surface area contributed by atoms with Crippen molar-refractivity contribution in [2.24, 2.45) is 0 Å². The maximum Gasteiger partial charge on any atom is 0.269 e. The summed E-state index contributed by atoms with van der Waals surface area (Å²) in [6, 6.07) is 9.27. The Bertz CT molecular complexity index is 336. The zero-order valence-corrected chi connectivity index (χ0v) is 9.66. The highest BCUT2D eigenvalue weighted by atomic mass is 16.3. The Hall–Kier alpha value is -1.55. The quantitative estimate of drug-likeness (QED) is 0.664. The summed E-state index contributed by atoms with van der Waals surface area (Å²) in [5, 5.41) is 9.81. The number of anilines is 1. The molecule has 0 radical (unpaired) electrons. The average Bonchev–Trinajstić information content (AvgIpc) is 2.27. The number of aliphatic hydroxyl groups is 1. The van der Waals surface area contributed by atoms with Gasteiger partial charge < -0.3 is 5.11 Å². The van der Waals surface area contributed by atoms with E-state index >= 15 is 0 Å². The van der Waals surface area contributed by atoms with E-state index in [2.05, 4.69) is 10.9 Å². The molecular weight excluding hydrogens is 204 g/mol. The molecule has 1 aromatic carbocycles. The van der Waals surface area contributed by atoms with Crippen molar-refractivity contribution < 1.29 is 9.90 Å². The van der Waals surface area contributed by atoms with Crippen molar-refractivity contribution in [3.63, 3.8) is 0 Å². The van der Waals surface area contributed by atoms with E-state index in [1.165, 1.54) is 6.92 Å². The van der Waals surface area contributed by atoms with E-state index in [-0.39, 0.29) is 0 Å². The Morgan fingerprint density at radius 2 is 2.00 bits per heavy atom. The lowest BCUT2D eigenvalue weighted by molar-refractivity contribution is -0.138. The number of carbonyl (C=O) groups is 1. The Morgan fingerprint density at radius 3 is 2.56 bits per heavy atom. The molecule has 16 heavy (non-hydrogen) atoms. The molecule has 1 aromatic rings. The van der Waals surface area contributed by atoms with E-state index in [1.54, 1.807) is 0 Å². The van der Waals surface area contributed by atoms with E-state index in [4.69, 9.17) is 0 Å². The van der Waals surface area contributed by atoms with Gasteiger partial charge in [0.2, 0.25) is 0 Å². The SMILES string of the molecule is CCCC(C)(O)C(=O)NNc1ccccc1. The van der Waals surface area contributed by atoms with E-state index in [0.29, 0.717) is 6.42 Å². The molecule has 0 saturated heterocycles. The molecular formula is C12H18N2O2. The first-order valence-electron chi connectivity index (χ1n) is 5.40. The summed E-state index contributed by atoms with van der Waals surface area (Å²) in [5.74, 6) is -0.418. The molecule has 1 unspecified atom stereocenters. The Labute approximate surface area is 95.6 Å². The maximum absolute atomic E-state index is 11.6. The first-order chi connectivity index (χ1) is 7.56. The van der Waals surface area contributed by atoms with Crippen LogP contribution < -0.4 is 10.9 Å². The molecule has 0 saturated carbocycles. The van der Waals surface area contributed by atoms with Crippen LogP contribution in [0.15, 0.2) is 30.3 Å². The van der Waals surface area contributed by atoms with Crippen LogP contribution in [0, 0.1) is 0 Å². The molecule has 0 aliphatic heterocycles. The summed E-state index contributed by atoms with van der Waals surface area (Å²) in [7, 11) is 0. The highest BCUT2D eigenvalue weighted by molar-refractivity contribution is 5.85. The summed E-state index contributed by atoms with van der Waals surface area (Å²) >= 11 is 0. The van der Waals surface area contributed by atoms with Crippen LogP contribution in [-0.2, 0) is 4.79 Å². The summed E-state index contributed by atoms with van der Waals surface area (Å²) in [4.78, 5) is 11.6. The predicted molar refractivity (Wildman–Crippen MR) is 63.7 cm³/mol. The molecule has 4 heteroatoms. The molecule has 0 aromatic heterocycles. The summed E-state index contributed by atoms with van der Waals surface area (Å²) < 4.78 is 0. The van der Waals surface area contributed by atoms with Crippen molar-refractivity contribution in [2.45, 2.75) is 32.3 Å². The van der Waals surface area contributed by atoms with Crippen LogP contribution in [0.3, 0.4) is 0 Å². The lowest BCUT2D eigenvalue weighted by atomic mass is 10.0. The predicted octanol–water partition coefficient (Wildman–Crippen LogP) is 1.68. The normalized spacial score (nSPS) is 13.9. The van der Waals surface area contributed by atoms with Gasteiger partial charge in [-0.1, -0.05) is 31.5 Å². The van der Waals surface area contributed by atoms with Gasteiger partial charge in [0.15, 0.2) is 0 Å². The van der Waals surface area contributed by atoms with Crippen molar-refractivity contribution in [3.05, 3.63) is 30.3 Å². The number of hydrogen-bond donors (Lipinski definition) is 3. The number of hydrogen-bond acceptors (Lipinski definition) is 3. The van der Waals surface area contributed by atoms with Gasteiger partial charge in [-0.3, -0.25) is 15.6 Å². The number of rotatable bonds is 5. The van der Waals surface area contributed by atoms with Crippen molar-refractivity contribution in [2.75, 3.05) is 5.43 Å². The maximum atomic E-state index is 11.6. The minimum atomic E-state index is -1.32. The lowest BCUT2D eigenvalue weighted by Gasteiger charge is -2.21. The first-order valence-corrected chi connectivity index (χ1v) is 5.40. The van der Waals surface area contributed by atoms with E-state index in [0.717, 1.165) is 12.1 Å². The van der Waals surface area contributed by atoms with Gasteiger partial charge in [-0.25, -0.2) is 0 Å². The van der Waals surface area contributed by atoms with Gasteiger partial charge in [-0.05, 0) is 25.5 Å². The summed E-state index contributed by atoms with van der Waals surface area (Å²) in [6.45, 7) is 3.44. The molecule has 0 bridgehead atoms. The van der Waals surface area contributed by atoms with Crippen LogP contribution in [0.25, 0.3) is 0 Å². The van der Waals surface area contributed by atoms with Gasteiger partial charge in [0.05, 0.1) is 5.69 Å². The second-order valence-corrected chi connectivity index (χ2v) is 3.97. The van der Waals surface area contributed by atoms with Crippen LogP contribution in [0.5, 0.6) is 0 Å². The van der Waals surface area contributed by atoms with E-state index < -0.39 is 11.5 Å². The van der Waals surface area contributed by atoms with Crippen LogP contribution in [0.4, 0.5) is 5.69 Å². The Kier molecular flexibility index (Phi) is 4.31. The summed E-state index contributed by atoms with van der Waals surface area (Å²) in [6.07, 6.45) is 1.20. The molecule has 0 heterocycles. The average molecular weight is 222 g/mol. The number of benzene rings is 1. The topological polar surface area (TPSA) is 61.4 Å². The zero-order chi connectivity index (χ0) is 12.0. The van der Waals surface area contributed by atoms with Gasteiger partial charge >= 0.3 is 0 Å². The van der Waals surface area contributed by atoms with Crippen LogP contribution in [0.1, 0.15) is 26.7 Å².